The van der Waals surface area contributed by atoms with Crippen LogP contribution in [0.3, 0.4) is 0 Å². The smallest absolute Gasteiger partial charge is 0.252 e. The average Bonchev–Trinajstić information content (AvgIpc) is 3.90. The molecule has 3 aliphatic carbocycles. The van der Waals surface area contributed by atoms with Gasteiger partial charge in [-0.05, 0) is 195 Å². The van der Waals surface area contributed by atoms with E-state index in [1.165, 1.54) is 131 Å². The van der Waals surface area contributed by atoms with E-state index < -0.39 is 0 Å². The van der Waals surface area contributed by atoms with Gasteiger partial charge in [0.25, 0.3) is 6.71 Å². The van der Waals surface area contributed by atoms with Gasteiger partial charge in [0.2, 0.25) is 0 Å². The first-order valence-corrected chi connectivity index (χ1v) is 27.9. The van der Waals surface area contributed by atoms with Gasteiger partial charge in [0.15, 0.2) is 0 Å². The molecular weight excluding hydrogens is 882 g/mol. The van der Waals surface area contributed by atoms with E-state index in [0.29, 0.717) is 0 Å². The van der Waals surface area contributed by atoms with Crippen LogP contribution in [0.2, 0.25) is 0 Å². The van der Waals surface area contributed by atoms with Crippen molar-refractivity contribution in [1.29, 1.82) is 0 Å². The van der Waals surface area contributed by atoms with Gasteiger partial charge in [0.05, 0.1) is 5.54 Å². The first kappa shape index (κ1) is 46.8. The summed E-state index contributed by atoms with van der Waals surface area (Å²) in [5, 5.41) is 0. The summed E-state index contributed by atoms with van der Waals surface area (Å²) in [4.78, 5) is 8.26. The molecule has 0 saturated heterocycles. The molecule has 0 bridgehead atoms. The molecule has 2 atom stereocenters. The van der Waals surface area contributed by atoms with Crippen molar-refractivity contribution in [3.8, 4) is 0 Å². The van der Waals surface area contributed by atoms with Crippen LogP contribution in [0.1, 0.15) is 159 Å². The molecule has 3 nitrogen and oxygen atoms in total. The van der Waals surface area contributed by atoms with Crippen LogP contribution in [0.15, 0.2) is 133 Å². The first-order chi connectivity index (χ1) is 34.6. The average molecular weight is 958 g/mol. The molecule has 7 aromatic rings. The van der Waals surface area contributed by atoms with E-state index in [-0.39, 0.29) is 39.3 Å². The Morgan fingerprint density at radius 2 is 1.03 bits per heavy atom. The van der Waals surface area contributed by atoms with Crippen molar-refractivity contribution >= 4 is 68.6 Å². The second-order valence-electron chi connectivity index (χ2n) is 27.7. The molecule has 6 aliphatic rings. The van der Waals surface area contributed by atoms with Crippen LogP contribution < -0.4 is 31.1 Å². The molecule has 4 heteroatoms. The van der Waals surface area contributed by atoms with Gasteiger partial charge in [-0.3, -0.25) is 0 Å². The summed E-state index contributed by atoms with van der Waals surface area (Å²) in [5.74, 6) is 0. The van der Waals surface area contributed by atoms with Crippen LogP contribution >= 0.6 is 0 Å². The number of benzene rings is 7. The fourth-order valence-electron chi connectivity index (χ4n) is 15.1. The third-order valence-electron chi connectivity index (χ3n) is 19.0. The van der Waals surface area contributed by atoms with E-state index in [1.54, 1.807) is 0 Å². The number of hydrogen-bond acceptors (Lipinski definition) is 3. The molecule has 2 unspecified atom stereocenters. The molecule has 0 aromatic heterocycles. The fourth-order valence-corrected chi connectivity index (χ4v) is 15.1. The van der Waals surface area contributed by atoms with Crippen molar-refractivity contribution in [2.45, 2.75) is 163 Å². The predicted octanol–water partition coefficient (Wildman–Crippen LogP) is 15.9. The molecule has 0 amide bonds. The van der Waals surface area contributed by atoms with Crippen molar-refractivity contribution < 1.29 is 0 Å². The van der Waals surface area contributed by atoms with Gasteiger partial charge in [-0.25, -0.2) is 0 Å². The minimum atomic E-state index is -0.129. The van der Waals surface area contributed by atoms with Gasteiger partial charge in [0, 0.05) is 50.9 Å². The Hall–Kier alpha value is -6.00. The Morgan fingerprint density at radius 1 is 0.452 bits per heavy atom. The lowest BCUT2D eigenvalue weighted by Gasteiger charge is -2.51. The maximum atomic E-state index is 2.85. The molecule has 370 valence electrons. The van der Waals surface area contributed by atoms with Gasteiger partial charge >= 0.3 is 0 Å². The number of rotatable bonds is 5. The van der Waals surface area contributed by atoms with Crippen LogP contribution in [0.4, 0.5) is 45.5 Å². The minimum Gasteiger partial charge on any atom is -0.334 e. The lowest BCUT2D eigenvalue weighted by Crippen LogP contribution is -2.62. The number of fused-ring (bicyclic) bond motifs is 9. The molecule has 3 heterocycles. The van der Waals surface area contributed by atoms with E-state index >= 15 is 0 Å². The summed E-state index contributed by atoms with van der Waals surface area (Å²) in [6, 6.07) is 53.9. The topological polar surface area (TPSA) is 9.72 Å². The third-order valence-corrected chi connectivity index (χ3v) is 19.0. The number of nitrogens with zero attached hydrogens (tertiary/aromatic N) is 3. The summed E-state index contributed by atoms with van der Waals surface area (Å²) in [5.41, 5.74) is 28.1. The van der Waals surface area contributed by atoms with E-state index in [4.69, 9.17) is 0 Å². The number of anilines is 8. The molecule has 0 spiro atoms. The summed E-state index contributed by atoms with van der Waals surface area (Å²) >= 11 is 0. The highest BCUT2D eigenvalue weighted by Crippen LogP contribution is 2.62. The maximum absolute atomic E-state index is 2.85. The van der Waals surface area contributed by atoms with Crippen molar-refractivity contribution in [3.05, 3.63) is 184 Å². The first-order valence-electron chi connectivity index (χ1n) is 27.9. The van der Waals surface area contributed by atoms with Crippen LogP contribution in [-0.2, 0) is 48.3 Å². The molecule has 0 radical (unpaired) electrons. The molecular formula is C69H76BN3. The Morgan fingerprint density at radius 3 is 1.71 bits per heavy atom. The fraction of sp³-hybridized carbons (Fsp3) is 0.391. The van der Waals surface area contributed by atoms with E-state index in [9.17, 15) is 0 Å². The quantitative estimate of drug-likeness (QED) is 0.159. The molecule has 1 fully saturated rings. The Bertz CT molecular complexity index is 3400. The zero-order valence-corrected chi connectivity index (χ0v) is 46.0. The monoisotopic (exact) mass is 958 g/mol. The molecule has 7 aromatic carbocycles. The molecule has 0 N–H and O–H groups in total. The van der Waals surface area contributed by atoms with Gasteiger partial charge in [-0.2, -0.15) is 0 Å². The summed E-state index contributed by atoms with van der Waals surface area (Å²) in [6.45, 7) is 29.2. The summed E-state index contributed by atoms with van der Waals surface area (Å²) in [6.07, 6.45) is 10.2. The standard InChI is InChI=1S/C69H76BN3/c1-64(2,3)50-22-26-52(27-23-50)71-59-29-24-51(65(4,5)6)37-57(59)70-56-35-48-42-67(9,10)43-49(48)36-60(56)72(53-25-21-46-40-66(7,8)41-47(46)34-53)62-39-54(38-61(71)63(62)70)73-58-28-20-45(32-44-18-14-13-15-19-44)33-55(58)68(11)30-16-17-31-69(68,73)12/h13-15,18-29,33-39H,16-17,30-32,40-43H2,1-12H3. The van der Waals surface area contributed by atoms with Gasteiger partial charge < -0.3 is 14.7 Å². The largest absolute Gasteiger partial charge is 0.334 e. The minimum absolute atomic E-state index is 0.0168. The highest BCUT2D eigenvalue weighted by molar-refractivity contribution is 7.00. The molecule has 13 rings (SSSR count). The number of hydrogen-bond donors (Lipinski definition) is 0. The molecule has 73 heavy (non-hydrogen) atoms. The highest BCUT2D eigenvalue weighted by Gasteiger charge is 2.58. The maximum Gasteiger partial charge on any atom is 0.252 e. The van der Waals surface area contributed by atoms with Crippen molar-refractivity contribution in [3.63, 3.8) is 0 Å². The van der Waals surface area contributed by atoms with Gasteiger partial charge in [0.1, 0.15) is 0 Å². The van der Waals surface area contributed by atoms with Crippen LogP contribution in [0, 0.1) is 10.8 Å². The third kappa shape index (κ3) is 7.26. The Kier molecular flexibility index (Phi) is 10.1. The lowest BCUT2D eigenvalue weighted by atomic mass is 9.33. The van der Waals surface area contributed by atoms with Crippen LogP contribution in [0.5, 0.6) is 0 Å². The van der Waals surface area contributed by atoms with E-state index in [0.717, 1.165) is 38.5 Å². The van der Waals surface area contributed by atoms with Crippen LogP contribution in [-0.4, -0.2) is 12.3 Å². The van der Waals surface area contributed by atoms with Crippen molar-refractivity contribution in [2.75, 3.05) is 14.7 Å². The van der Waals surface area contributed by atoms with Gasteiger partial charge in [-0.15, -0.1) is 0 Å². The zero-order chi connectivity index (χ0) is 50.8. The molecule has 3 aliphatic heterocycles. The van der Waals surface area contributed by atoms with E-state index in [1.807, 2.05) is 0 Å². The normalized spacial score (nSPS) is 21.8. The Labute approximate surface area is 438 Å². The summed E-state index contributed by atoms with van der Waals surface area (Å²) in [7, 11) is 0. The Balaban J connectivity index is 1.12. The van der Waals surface area contributed by atoms with E-state index in [2.05, 4.69) is 231 Å². The predicted molar refractivity (Wildman–Crippen MR) is 312 cm³/mol. The second-order valence-corrected chi connectivity index (χ2v) is 27.7. The van der Waals surface area contributed by atoms with Crippen molar-refractivity contribution in [2.24, 2.45) is 10.8 Å². The summed E-state index contributed by atoms with van der Waals surface area (Å²) < 4.78 is 0. The SMILES string of the molecule is CC1(C)Cc2ccc(N3c4cc5c(cc4B4c6cc(C(C)(C)C)ccc6N(c6ccc(C(C)(C)C)cc6)c6cc(N7c8ccc(Cc9ccccc9)cc8C8(C)CCCCC78C)cc3c64)CC(C)(C)C5)cc2C1. The zero-order valence-electron chi connectivity index (χ0n) is 46.0. The van der Waals surface area contributed by atoms with Crippen LogP contribution in [0.25, 0.3) is 0 Å². The van der Waals surface area contributed by atoms with Gasteiger partial charge in [-0.1, -0.05) is 168 Å². The molecule has 1 saturated carbocycles. The second kappa shape index (κ2) is 15.8. The van der Waals surface area contributed by atoms with Crippen molar-refractivity contribution in [1.82, 2.24) is 0 Å². The lowest BCUT2D eigenvalue weighted by molar-refractivity contribution is 0.195. The highest BCUT2D eigenvalue weighted by atomic mass is 15.3.